The summed E-state index contributed by atoms with van der Waals surface area (Å²) in [5, 5.41) is 4.66. The lowest BCUT2D eigenvalue weighted by Crippen LogP contribution is -2.55. The summed E-state index contributed by atoms with van der Waals surface area (Å²) in [6.07, 6.45) is 3.27. The first-order valence-electron chi connectivity index (χ1n) is 9.41. The second kappa shape index (κ2) is 8.31. The molecule has 3 rings (SSSR count). The molecule has 0 amide bonds. The summed E-state index contributed by atoms with van der Waals surface area (Å²) < 4.78 is 0. The van der Waals surface area contributed by atoms with Crippen molar-refractivity contribution in [3.8, 4) is 0 Å². The smallest absolute Gasteiger partial charge is 0.0623 e. The maximum atomic E-state index is 2.37. The third-order valence-electron chi connectivity index (χ3n) is 5.00. The first-order valence-corrected chi connectivity index (χ1v) is 10.9. The first kappa shape index (κ1) is 17.7. The highest BCUT2D eigenvalue weighted by Crippen LogP contribution is 2.08. The van der Waals surface area contributed by atoms with Crippen LogP contribution in [0, 0.1) is 0 Å². The predicted octanol–water partition coefficient (Wildman–Crippen LogP) is 3.89. The standard InChI is InChI=1S/C24H27Si/c1-4-19-13-7-10-16-22(19)25(23-17-11-8-14-20(23)5-2)24-18-12-9-15-21(24)6-3/h7-18H,4-6H2,1-3H3. The lowest BCUT2D eigenvalue weighted by atomic mass is 10.1. The van der Waals surface area contributed by atoms with E-state index in [0.29, 0.717) is 0 Å². The number of hydrogen-bond acceptors (Lipinski definition) is 0. The zero-order valence-electron chi connectivity index (χ0n) is 15.5. The van der Waals surface area contributed by atoms with E-state index in [1.54, 1.807) is 15.6 Å². The fourth-order valence-electron chi connectivity index (χ4n) is 3.65. The largest absolute Gasteiger partial charge is 0.155 e. The quantitative estimate of drug-likeness (QED) is 0.470. The van der Waals surface area contributed by atoms with E-state index in [2.05, 4.69) is 93.6 Å². The second-order valence-corrected chi connectivity index (χ2v) is 8.77. The van der Waals surface area contributed by atoms with E-state index in [0.717, 1.165) is 19.3 Å². The Labute approximate surface area is 154 Å². The van der Waals surface area contributed by atoms with Gasteiger partial charge in [-0.15, -0.1) is 0 Å². The molecule has 0 aliphatic heterocycles. The lowest BCUT2D eigenvalue weighted by Gasteiger charge is -2.24. The van der Waals surface area contributed by atoms with Crippen molar-refractivity contribution in [2.24, 2.45) is 0 Å². The molecule has 3 aromatic rings. The molecule has 1 heteroatoms. The highest BCUT2D eigenvalue weighted by atomic mass is 28.3. The van der Waals surface area contributed by atoms with E-state index >= 15 is 0 Å². The molecule has 0 aliphatic rings. The van der Waals surface area contributed by atoms with Gasteiger partial charge in [0.1, 0.15) is 0 Å². The third-order valence-corrected chi connectivity index (χ3v) is 8.08. The van der Waals surface area contributed by atoms with E-state index in [1.807, 2.05) is 0 Å². The summed E-state index contributed by atoms with van der Waals surface area (Å²) in [6, 6.07) is 27.2. The molecule has 0 unspecified atom stereocenters. The third kappa shape index (κ3) is 3.62. The van der Waals surface area contributed by atoms with E-state index in [9.17, 15) is 0 Å². The Morgan fingerprint density at radius 2 is 0.760 bits per heavy atom. The van der Waals surface area contributed by atoms with Gasteiger partial charge in [-0.05, 0) is 51.5 Å². The second-order valence-electron chi connectivity index (χ2n) is 6.41. The van der Waals surface area contributed by atoms with E-state index in [1.165, 1.54) is 16.7 Å². The van der Waals surface area contributed by atoms with Crippen molar-refractivity contribution in [2.75, 3.05) is 0 Å². The van der Waals surface area contributed by atoms with Crippen molar-refractivity contribution in [2.45, 2.75) is 40.0 Å². The average Bonchev–Trinajstić information content (AvgIpc) is 2.69. The van der Waals surface area contributed by atoms with Crippen LogP contribution in [0.3, 0.4) is 0 Å². The fourth-order valence-corrected chi connectivity index (χ4v) is 7.06. The molecule has 0 bridgehead atoms. The zero-order chi connectivity index (χ0) is 17.6. The van der Waals surface area contributed by atoms with Crippen LogP contribution in [0.15, 0.2) is 72.8 Å². The SMILES string of the molecule is CCc1ccccc1[Si](c1ccccc1CC)c1ccccc1CC. The van der Waals surface area contributed by atoms with Crippen LogP contribution in [-0.4, -0.2) is 8.80 Å². The van der Waals surface area contributed by atoms with E-state index < -0.39 is 8.80 Å². The van der Waals surface area contributed by atoms with Crippen LogP contribution in [0.25, 0.3) is 0 Å². The molecule has 0 N–H and O–H groups in total. The maximum Gasteiger partial charge on any atom is 0.155 e. The van der Waals surface area contributed by atoms with Gasteiger partial charge in [-0.2, -0.15) is 0 Å². The summed E-state index contributed by atoms with van der Waals surface area (Å²) in [6.45, 7) is 6.82. The van der Waals surface area contributed by atoms with Gasteiger partial charge < -0.3 is 0 Å². The van der Waals surface area contributed by atoms with Crippen LogP contribution in [0.4, 0.5) is 0 Å². The molecule has 25 heavy (non-hydrogen) atoms. The fraction of sp³-hybridized carbons (Fsp3) is 0.250. The van der Waals surface area contributed by atoms with E-state index in [-0.39, 0.29) is 0 Å². The Balaban J connectivity index is 2.29. The van der Waals surface area contributed by atoms with Crippen LogP contribution in [0.1, 0.15) is 37.5 Å². The molecule has 0 saturated carbocycles. The van der Waals surface area contributed by atoms with E-state index in [4.69, 9.17) is 0 Å². The molecule has 127 valence electrons. The minimum absolute atomic E-state index is 1.00. The van der Waals surface area contributed by atoms with Crippen molar-refractivity contribution < 1.29 is 0 Å². The van der Waals surface area contributed by atoms with Crippen molar-refractivity contribution in [1.29, 1.82) is 0 Å². The van der Waals surface area contributed by atoms with Gasteiger partial charge in [0.25, 0.3) is 0 Å². The zero-order valence-corrected chi connectivity index (χ0v) is 16.5. The Kier molecular flexibility index (Phi) is 5.88. The summed E-state index contributed by atoms with van der Waals surface area (Å²) >= 11 is 0. The minimum atomic E-state index is -1.00. The highest BCUT2D eigenvalue weighted by molar-refractivity contribution is 6.96. The molecule has 0 saturated heterocycles. The monoisotopic (exact) mass is 343 g/mol. The predicted molar refractivity (Wildman–Crippen MR) is 112 cm³/mol. The van der Waals surface area contributed by atoms with Crippen molar-refractivity contribution in [1.82, 2.24) is 0 Å². The van der Waals surface area contributed by atoms with Gasteiger partial charge in [0.2, 0.25) is 0 Å². The van der Waals surface area contributed by atoms with Crippen LogP contribution in [0.5, 0.6) is 0 Å². The molecule has 0 atom stereocenters. The van der Waals surface area contributed by atoms with Gasteiger partial charge >= 0.3 is 0 Å². The molecule has 3 aromatic carbocycles. The van der Waals surface area contributed by atoms with Gasteiger partial charge in [0.05, 0.1) is 0 Å². The molecule has 0 aromatic heterocycles. The number of rotatable bonds is 6. The minimum Gasteiger partial charge on any atom is -0.0623 e. The summed E-state index contributed by atoms with van der Waals surface area (Å²) in [7, 11) is -1.00. The van der Waals surface area contributed by atoms with Gasteiger partial charge in [0.15, 0.2) is 8.80 Å². The first-order chi connectivity index (χ1) is 12.3. The van der Waals surface area contributed by atoms with Crippen molar-refractivity contribution in [3.63, 3.8) is 0 Å². The summed E-state index contributed by atoms with van der Waals surface area (Å²) in [5.41, 5.74) is 4.48. The Morgan fingerprint density at radius 3 is 1.04 bits per heavy atom. The summed E-state index contributed by atoms with van der Waals surface area (Å²) in [5.74, 6) is 0. The number of aryl methyl sites for hydroxylation is 3. The maximum absolute atomic E-state index is 2.37. The van der Waals surface area contributed by atoms with Gasteiger partial charge in [-0.25, -0.2) is 0 Å². The Morgan fingerprint density at radius 1 is 0.480 bits per heavy atom. The summed E-state index contributed by atoms with van der Waals surface area (Å²) in [4.78, 5) is 0. The molecular weight excluding hydrogens is 316 g/mol. The van der Waals surface area contributed by atoms with Crippen molar-refractivity contribution in [3.05, 3.63) is 89.5 Å². The molecule has 0 spiro atoms. The molecule has 0 heterocycles. The van der Waals surface area contributed by atoms with Crippen LogP contribution >= 0.6 is 0 Å². The van der Waals surface area contributed by atoms with Crippen LogP contribution < -0.4 is 15.6 Å². The molecule has 0 fully saturated rings. The Hall–Kier alpha value is -2.12. The van der Waals surface area contributed by atoms with Crippen LogP contribution in [0.2, 0.25) is 0 Å². The van der Waals surface area contributed by atoms with Gasteiger partial charge in [-0.1, -0.05) is 93.6 Å². The molecule has 1 radical (unpaired) electrons. The van der Waals surface area contributed by atoms with Crippen LogP contribution in [-0.2, 0) is 19.3 Å². The topological polar surface area (TPSA) is 0 Å². The normalized spacial score (nSPS) is 11.0. The number of hydrogen-bond donors (Lipinski definition) is 0. The van der Waals surface area contributed by atoms with Crippen molar-refractivity contribution >= 4 is 24.4 Å². The van der Waals surface area contributed by atoms with Gasteiger partial charge in [-0.3, -0.25) is 0 Å². The Bertz CT molecular complexity index is 722. The number of benzene rings is 3. The highest BCUT2D eigenvalue weighted by Gasteiger charge is 2.25. The molecular formula is C24H27Si. The molecule has 0 nitrogen and oxygen atoms in total. The average molecular weight is 344 g/mol. The lowest BCUT2D eigenvalue weighted by molar-refractivity contribution is 1.14. The molecule has 0 aliphatic carbocycles. The van der Waals surface area contributed by atoms with Gasteiger partial charge in [0, 0.05) is 0 Å².